The van der Waals surface area contributed by atoms with Crippen molar-refractivity contribution in [1.29, 1.82) is 0 Å². The number of oxazole rings is 1. The molecule has 0 aromatic carbocycles. The topological polar surface area (TPSA) is 88.5 Å². The maximum absolute atomic E-state index is 14.0. The molecule has 2 aromatic rings. The second-order valence-electron chi connectivity index (χ2n) is 5.48. The predicted octanol–water partition coefficient (Wildman–Crippen LogP) is 1.89. The molecule has 0 aliphatic carbocycles. The summed E-state index contributed by atoms with van der Waals surface area (Å²) in [5.74, 6) is -0.174. The molecule has 0 aliphatic rings. The van der Waals surface area contributed by atoms with Gasteiger partial charge in [0.2, 0.25) is 12.1 Å². The number of carbonyl (C=O) groups excluding carboxylic acids is 1. The van der Waals surface area contributed by atoms with Crippen LogP contribution in [0.5, 0.6) is 0 Å². The normalized spacial score (nSPS) is 13.1. The lowest BCUT2D eigenvalue weighted by atomic mass is 10.2. The number of halogens is 1. The fourth-order valence-electron chi connectivity index (χ4n) is 1.59. The number of ether oxygens (including phenoxy) is 1. The molecule has 0 saturated heterocycles. The first kappa shape index (κ1) is 15.0. The standard InChI is InChI=1S/C13H16FN3O4/c1-13(2,3)21-12(18)15-6-8(14)11-16-9-7-17(19)5-4-10(9)20-11/h4-5,7-8H,6H2,1-3H3,(H-,15,18,19)/p+1. The second-order valence-corrected chi connectivity index (χ2v) is 5.48. The van der Waals surface area contributed by atoms with Crippen molar-refractivity contribution in [2.45, 2.75) is 32.5 Å². The molecule has 1 atom stereocenters. The van der Waals surface area contributed by atoms with Gasteiger partial charge in [-0.25, -0.2) is 14.2 Å². The lowest BCUT2D eigenvalue weighted by Gasteiger charge is -2.19. The molecule has 0 aliphatic heterocycles. The van der Waals surface area contributed by atoms with Crippen molar-refractivity contribution >= 4 is 17.2 Å². The molecule has 21 heavy (non-hydrogen) atoms. The average molecular weight is 298 g/mol. The molecule has 2 heterocycles. The molecule has 8 heteroatoms. The number of hydrogen-bond acceptors (Lipinski definition) is 5. The van der Waals surface area contributed by atoms with E-state index in [0.29, 0.717) is 11.1 Å². The number of alkyl carbamates (subject to hydrolysis) is 1. The smallest absolute Gasteiger partial charge is 0.407 e. The number of rotatable bonds is 3. The fraction of sp³-hybridized carbons (Fsp3) is 0.462. The van der Waals surface area contributed by atoms with Gasteiger partial charge < -0.3 is 14.5 Å². The lowest BCUT2D eigenvalue weighted by molar-refractivity contribution is -0.904. The van der Waals surface area contributed by atoms with Crippen LogP contribution in [0, 0.1) is 0 Å². The van der Waals surface area contributed by atoms with Crippen LogP contribution in [0.15, 0.2) is 22.9 Å². The summed E-state index contributed by atoms with van der Waals surface area (Å²) in [4.78, 5) is 15.3. The van der Waals surface area contributed by atoms with Crippen molar-refractivity contribution in [3.05, 3.63) is 24.4 Å². The summed E-state index contributed by atoms with van der Waals surface area (Å²) in [6, 6.07) is 1.46. The minimum absolute atomic E-state index is 0.174. The molecule has 0 fully saturated rings. The highest BCUT2D eigenvalue weighted by Crippen LogP contribution is 2.21. The van der Waals surface area contributed by atoms with Crippen LogP contribution in [0.2, 0.25) is 0 Å². The summed E-state index contributed by atoms with van der Waals surface area (Å²) < 4.78 is 25.0. The Kier molecular flexibility index (Phi) is 3.97. The van der Waals surface area contributed by atoms with Gasteiger partial charge in [-0.1, -0.05) is 0 Å². The summed E-state index contributed by atoms with van der Waals surface area (Å²) in [7, 11) is 0. The minimum atomic E-state index is -1.61. The number of carbonyl (C=O) groups is 1. The third-order valence-corrected chi connectivity index (χ3v) is 2.42. The van der Waals surface area contributed by atoms with Gasteiger partial charge in [0.1, 0.15) is 5.60 Å². The molecule has 1 unspecified atom stereocenters. The average Bonchev–Trinajstić information content (AvgIpc) is 2.76. The first-order valence-electron chi connectivity index (χ1n) is 6.36. The van der Waals surface area contributed by atoms with Gasteiger partial charge in [0.25, 0.3) is 6.20 Å². The van der Waals surface area contributed by atoms with Crippen LogP contribution in [-0.2, 0) is 4.74 Å². The number of pyridine rings is 1. The molecular formula is C13H17FN3O4+. The van der Waals surface area contributed by atoms with Gasteiger partial charge >= 0.3 is 6.09 Å². The van der Waals surface area contributed by atoms with Gasteiger partial charge in [0.05, 0.1) is 12.6 Å². The number of hydrogen-bond donors (Lipinski definition) is 2. The number of nitrogens with one attached hydrogen (secondary N) is 1. The highest BCUT2D eigenvalue weighted by atomic mass is 19.1. The Labute approximate surface area is 120 Å². The molecule has 0 saturated carbocycles. The zero-order chi connectivity index (χ0) is 15.6. The summed E-state index contributed by atoms with van der Waals surface area (Å²) in [5, 5.41) is 11.5. The van der Waals surface area contributed by atoms with Crippen molar-refractivity contribution in [1.82, 2.24) is 10.3 Å². The highest BCUT2D eigenvalue weighted by Gasteiger charge is 2.22. The third kappa shape index (κ3) is 4.04. The Balaban J connectivity index is 1.99. The second kappa shape index (κ2) is 5.55. The minimum Gasteiger partial charge on any atom is -0.444 e. The molecular weight excluding hydrogens is 281 g/mol. The molecule has 0 spiro atoms. The number of amides is 1. The Bertz CT molecular complexity index is 650. The molecule has 1 amide bonds. The number of nitrogens with zero attached hydrogens (tertiary/aromatic N) is 2. The number of aromatic nitrogens is 2. The van der Waals surface area contributed by atoms with E-state index in [1.807, 2.05) is 0 Å². The number of alkyl halides is 1. The Morgan fingerprint density at radius 3 is 3.00 bits per heavy atom. The van der Waals surface area contributed by atoms with E-state index in [2.05, 4.69) is 10.3 Å². The molecule has 114 valence electrons. The molecule has 2 N–H and O–H groups in total. The highest BCUT2D eigenvalue weighted by molar-refractivity contribution is 5.70. The van der Waals surface area contributed by atoms with Gasteiger partial charge in [-0.05, 0) is 20.8 Å². The van der Waals surface area contributed by atoms with Gasteiger partial charge in [-0.15, -0.1) is 0 Å². The van der Waals surface area contributed by atoms with Crippen LogP contribution in [0.4, 0.5) is 9.18 Å². The van der Waals surface area contributed by atoms with Crippen LogP contribution in [0.3, 0.4) is 0 Å². The lowest BCUT2D eigenvalue weighted by Crippen LogP contribution is -2.34. The Morgan fingerprint density at radius 2 is 2.33 bits per heavy atom. The van der Waals surface area contributed by atoms with Crippen LogP contribution in [-0.4, -0.2) is 28.4 Å². The van der Waals surface area contributed by atoms with E-state index in [9.17, 15) is 14.4 Å². The molecule has 0 radical (unpaired) electrons. The summed E-state index contributed by atoms with van der Waals surface area (Å²) >= 11 is 0. The van der Waals surface area contributed by atoms with Gasteiger partial charge in [0.15, 0.2) is 17.3 Å². The van der Waals surface area contributed by atoms with Crippen molar-refractivity contribution < 1.29 is 28.3 Å². The van der Waals surface area contributed by atoms with E-state index in [-0.39, 0.29) is 12.4 Å². The quantitative estimate of drug-likeness (QED) is 0.667. The van der Waals surface area contributed by atoms with E-state index < -0.39 is 17.9 Å². The van der Waals surface area contributed by atoms with Crippen molar-refractivity contribution in [3.8, 4) is 0 Å². The zero-order valence-corrected chi connectivity index (χ0v) is 12.0. The molecule has 2 rings (SSSR count). The summed E-state index contributed by atoms with van der Waals surface area (Å²) in [6.07, 6.45) is 0.298. The fourth-order valence-corrected chi connectivity index (χ4v) is 1.59. The first-order valence-corrected chi connectivity index (χ1v) is 6.36. The van der Waals surface area contributed by atoms with Gasteiger partial charge in [0, 0.05) is 4.73 Å². The predicted molar refractivity (Wildman–Crippen MR) is 69.5 cm³/mol. The van der Waals surface area contributed by atoms with Crippen molar-refractivity contribution in [2.24, 2.45) is 0 Å². The van der Waals surface area contributed by atoms with Crippen LogP contribution in [0.1, 0.15) is 32.8 Å². The van der Waals surface area contributed by atoms with Crippen molar-refractivity contribution in [3.63, 3.8) is 0 Å². The van der Waals surface area contributed by atoms with E-state index in [4.69, 9.17) is 9.15 Å². The van der Waals surface area contributed by atoms with E-state index in [1.165, 1.54) is 18.5 Å². The maximum atomic E-state index is 14.0. The third-order valence-electron chi connectivity index (χ3n) is 2.42. The Morgan fingerprint density at radius 1 is 1.62 bits per heavy atom. The molecule has 0 bridgehead atoms. The van der Waals surface area contributed by atoms with Crippen molar-refractivity contribution in [2.75, 3.05) is 6.54 Å². The van der Waals surface area contributed by atoms with E-state index >= 15 is 0 Å². The van der Waals surface area contributed by atoms with Crippen LogP contribution < -0.4 is 10.0 Å². The summed E-state index contributed by atoms with van der Waals surface area (Å²) in [6.45, 7) is 4.82. The molecule has 2 aromatic heterocycles. The largest absolute Gasteiger partial charge is 0.444 e. The van der Waals surface area contributed by atoms with Gasteiger partial charge in [-0.3, -0.25) is 5.21 Å². The molecule has 7 nitrogen and oxygen atoms in total. The van der Waals surface area contributed by atoms with E-state index in [1.54, 1.807) is 20.8 Å². The van der Waals surface area contributed by atoms with Crippen LogP contribution >= 0.6 is 0 Å². The first-order chi connectivity index (χ1) is 9.74. The zero-order valence-electron chi connectivity index (χ0n) is 12.0. The summed E-state index contributed by atoms with van der Waals surface area (Å²) in [5.41, 5.74) is 0.00699. The van der Waals surface area contributed by atoms with Gasteiger partial charge in [-0.2, -0.15) is 0 Å². The van der Waals surface area contributed by atoms with E-state index in [0.717, 1.165) is 4.73 Å². The Hall–Kier alpha value is -2.38. The monoisotopic (exact) mass is 298 g/mol. The number of fused-ring (bicyclic) bond motifs is 1. The maximum Gasteiger partial charge on any atom is 0.407 e. The SMILES string of the molecule is CC(C)(C)OC(=O)NCC(F)c1nc2c[n+](O)ccc2o1. The van der Waals surface area contributed by atoms with Crippen LogP contribution in [0.25, 0.3) is 11.1 Å².